The summed E-state index contributed by atoms with van der Waals surface area (Å²) >= 11 is 1.36. The predicted octanol–water partition coefficient (Wildman–Crippen LogP) is 3.55. The SMILES string of the molecule is CCN(CC)CCN(C(=O)c1ccc(S(=O)(=O)N(C)C)cc1)c1nc2c(OC)ccc(OC)c2s1. The Morgan fingerprint density at radius 2 is 1.54 bits per heavy atom. The van der Waals surface area contributed by atoms with E-state index in [1.807, 2.05) is 6.07 Å². The smallest absolute Gasteiger partial charge is 0.260 e. The molecule has 11 heteroatoms. The Hall–Kier alpha value is -2.73. The summed E-state index contributed by atoms with van der Waals surface area (Å²) in [6.07, 6.45) is 0. The van der Waals surface area contributed by atoms with Gasteiger partial charge in [-0.1, -0.05) is 25.2 Å². The van der Waals surface area contributed by atoms with Crippen LogP contribution in [0.25, 0.3) is 10.2 Å². The summed E-state index contributed by atoms with van der Waals surface area (Å²) in [5.41, 5.74) is 1.00. The van der Waals surface area contributed by atoms with Crippen molar-refractivity contribution in [2.45, 2.75) is 18.7 Å². The Labute approximate surface area is 210 Å². The molecule has 3 aromatic rings. The number of anilines is 1. The van der Waals surface area contributed by atoms with Gasteiger partial charge in [0.15, 0.2) is 5.13 Å². The number of sulfonamides is 1. The van der Waals surface area contributed by atoms with Crippen molar-refractivity contribution in [3.05, 3.63) is 42.0 Å². The number of aromatic nitrogens is 1. The van der Waals surface area contributed by atoms with Gasteiger partial charge in [-0.3, -0.25) is 9.69 Å². The fourth-order valence-electron chi connectivity index (χ4n) is 3.59. The van der Waals surface area contributed by atoms with Crippen LogP contribution in [-0.2, 0) is 10.0 Å². The van der Waals surface area contributed by atoms with E-state index < -0.39 is 10.0 Å². The monoisotopic (exact) mass is 520 g/mol. The van der Waals surface area contributed by atoms with Gasteiger partial charge in [0.1, 0.15) is 21.7 Å². The molecule has 0 fully saturated rings. The van der Waals surface area contributed by atoms with Gasteiger partial charge in [0.05, 0.1) is 19.1 Å². The van der Waals surface area contributed by atoms with Crippen molar-refractivity contribution >= 4 is 42.6 Å². The average molecular weight is 521 g/mol. The van der Waals surface area contributed by atoms with Crippen LogP contribution in [0.4, 0.5) is 5.13 Å². The molecule has 0 aliphatic rings. The fraction of sp³-hybridized carbons (Fsp3) is 0.417. The zero-order valence-electron chi connectivity index (χ0n) is 20.9. The van der Waals surface area contributed by atoms with Crippen LogP contribution in [-0.4, -0.2) is 83.0 Å². The van der Waals surface area contributed by atoms with Gasteiger partial charge < -0.3 is 14.4 Å². The van der Waals surface area contributed by atoms with E-state index in [1.165, 1.54) is 49.7 Å². The largest absolute Gasteiger partial charge is 0.495 e. The molecular formula is C24H32N4O5S2. The van der Waals surface area contributed by atoms with Crippen molar-refractivity contribution in [1.82, 2.24) is 14.2 Å². The van der Waals surface area contributed by atoms with Crippen molar-refractivity contribution in [2.24, 2.45) is 0 Å². The zero-order valence-corrected chi connectivity index (χ0v) is 22.6. The number of hydrogen-bond acceptors (Lipinski definition) is 8. The van der Waals surface area contributed by atoms with E-state index in [4.69, 9.17) is 14.5 Å². The topological polar surface area (TPSA) is 92.3 Å². The molecular weight excluding hydrogens is 488 g/mol. The number of likely N-dealkylation sites (N-methyl/N-ethyl adjacent to an activating group) is 1. The van der Waals surface area contributed by atoms with E-state index in [1.54, 1.807) is 25.2 Å². The van der Waals surface area contributed by atoms with E-state index in [-0.39, 0.29) is 10.8 Å². The maximum Gasteiger partial charge on any atom is 0.260 e. The molecule has 2 aromatic carbocycles. The summed E-state index contributed by atoms with van der Waals surface area (Å²) in [5.74, 6) is 0.986. The lowest BCUT2D eigenvalue weighted by Crippen LogP contribution is -2.38. The van der Waals surface area contributed by atoms with Crippen LogP contribution in [0.5, 0.6) is 11.5 Å². The van der Waals surface area contributed by atoms with Crippen molar-refractivity contribution in [3.63, 3.8) is 0 Å². The summed E-state index contributed by atoms with van der Waals surface area (Å²) < 4.78 is 37.8. The number of carbonyl (C=O) groups excluding carboxylic acids is 1. The van der Waals surface area contributed by atoms with Crippen LogP contribution >= 0.6 is 11.3 Å². The average Bonchev–Trinajstić information content (AvgIpc) is 3.31. The first-order chi connectivity index (χ1) is 16.7. The third kappa shape index (κ3) is 5.58. The number of thiazole rings is 1. The molecule has 1 amide bonds. The minimum absolute atomic E-state index is 0.128. The second-order valence-corrected chi connectivity index (χ2v) is 11.1. The Morgan fingerprint density at radius 3 is 2.09 bits per heavy atom. The van der Waals surface area contributed by atoms with Crippen LogP contribution < -0.4 is 14.4 Å². The first-order valence-corrected chi connectivity index (χ1v) is 13.5. The summed E-state index contributed by atoms with van der Waals surface area (Å²) in [6.45, 7) is 6.95. The standard InChI is InChI=1S/C24H32N4O5S2/c1-7-27(8-2)15-16-28(23(29)17-9-11-18(12-10-17)35(30,31)26(3)4)24-25-21-19(32-5)13-14-20(33-6)22(21)34-24/h9-14H,7-8,15-16H2,1-6H3. The molecule has 0 spiro atoms. The molecule has 1 heterocycles. The number of nitrogens with zero attached hydrogens (tertiary/aromatic N) is 4. The van der Waals surface area contributed by atoms with Crippen LogP contribution in [0.3, 0.4) is 0 Å². The van der Waals surface area contributed by atoms with Gasteiger partial charge in [0, 0.05) is 32.7 Å². The molecule has 0 aliphatic carbocycles. The van der Waals surface area contributed by atoms with Crippen molar-refractivity contribution in [3.8, 4) is 11.5 Å². The molecule has 0 atom stereocenters. The highest BCUT2D eigenvalue weighted by Crippen LogP contribution is 2.40. The Bertz CT molecular complexity index is 1230. The van der Waals surface area contributed by atoms with Crippen LogP contribution in [0, 0.1) is 0 Å². The number of rotatable bonds is 11. The molecule has 0 N–H and O–H groups in total. The normalized spacial score (nSPS) is 11.9. The number of methoxy groups -OCH3 is 2. The molecule has 35 heavy (non-hydrogen) atoms. The van der Waals surface area contributed by atoms with Crippen LogP contribution in [0.2, 0.25) is 0 Å². The molecule has 9 nitrogen and oxygen atoms in total. The van der Waals surface area contributed by atoms with Crippen molar-refractivity contribution in [2.75, 3.05) is 59.4 Å². The highest BCUT2D eigenvalue weighted by molar-refractivity contribution is 7.89. The maximum atomic E-state index is 13.7. The third-order valence-corrected chi connectivity index (χ3v) is 8.71. The molecule has 0 bridgehead atoms. The van der Waals surface area contributed by atoms with Gasteiger partial charge in [-0.25, -0.2) is 17.7 Å². The number of fused-ring (bicyclic) bond motifs is 1. The van der Waals surface area contributed by atoms with E-state index >= 15 is 0 Å². The molecule has 0 saturated carbocycles. The number of ether oxygens (including phenoxy) is 2. The first-order valence-electron chi connectivity index (χ1n) is 11.3. The third-order valence-electron chi connectivity index (χ3n) is 5.79. The summed E-state index contributed by atoms with van der Waals surface area (Å²) in [4.78, 5) is 22.4. The summed E-state index contributed by atoms with van der Waals surface area (Å²) in [7, 11) is 2.52. The summed E-state index contributed by atoms with van der Waals surface area (Å²) in [5, 5.41) is 0.518. The predicted molar refractivity (Wildman–Crippen MR) is 140 cm³/mol. The van der Waals surface area contributed by atoms with E-state index in [0.29, 0.717) is 40.8 Å². The van der Waals surface area contributed by atoms with E-state index in [9.17, 15) is 13.2 Å². The van der Waals surface area contributed by atoms with Gasteiger partial charge in [-0.15, -0.1) is 0 Å². The molecule has 0 aliphatic heterocycles. The van der Waals surface area contributed by atoms with Gasteiger partial charge in [-0.05, 0) is 49.5 Å². The highest BCUT2D eigenvalue weighted by Gasteiger charge is 2.25. The van der Waals surface area contributed by atoms with Gasteiger partial charge in [0.2, 0.25) is 10.0 Å². The van der Waals surface area contributed by atoms with Crippen LogP contribution in [0.1, 0.15) is 24.2 Å². The van der Waals surface area contributed by atoms with Crippen molar-refractivity contribution < 1.29 is 22.7 Å². The van der Waals surface area contributed by atoms with Crippen LogP contribution in [0.15, 0.2) is 41.3 Å². The maximum absolute atomic E-state index is 13.7. The lowest BCUT2D eigenvalue weighted by Gasteiger charge is -2.25. The minimum atomic E-state index is -3.59. The molecule has 190 valence electrons. The first kappa shape index (κ1) is 26.9. The zero-order chi connectivity index (χ0) is 25.8. The molecule has 0 radical (unpaired) electrons. The second-order valence-electron chi connectivity index (χ2n) is 7.94. The van der Waals surface area contributed by atoms with E-state index in [2.05, 4.69) is 18.7 Å². The summed E-state index contributed by atoms with van der Waals surface area (Å²) in [6, 6.07) is 9.59. The Morgan fingerprint density at radius 1 is 0.943 bits per heavy atom. The second kappa shape index (κ2) is 11.3. The number of carbonyl (C=O) groups is 1. The number of hydrogen-bond donors (Lipinski definition) is 0. The molecule has 3 rings (SSSR count). The quantitative estimate of drug-likeness (QED) is 0.382. The minimum Gasteiger partial charge on any atom is -0.495 e. The van der Waals surface area contributed by atoms with Crippen molar-refractivity contribution in [1.29, 1.82) is 0 Å². The Kier molecular flexibility index (Phi) is 8.70. The number of amides is 1. The lowest BCUT2D eigenvalue weighted by atomic mass is 10.2. The lowest BCUT2D eigenvalue weighted by molar-refractivity contribution is 0.0983. The van der Waals surface area contributed by atoms with Gasteiger partial charge >= 0.3 is 0 Å². The molecule has 0 saturated heterocycles. The fourth-order valence-corrected chi connectivity index (χ4v) is 5.59. The highest BCUT2D eigenvalue weighted by atomic mass is 32.2. The Balaban J connectivity index is 2.04. The molecule has 1 aromatic heterocycles. The number of benzene rings is 2. The van der Waals surface area contributed by atoms with Gasteiger partial charge in [-0.2, -0.15) is 0 Å². The molecule has 0 unspecified atom stereocenters. The van der Waals surface area contributed by atoms with Gasteiger partial charge in [0.25, 0.3) is 5.91 Å². The van der Waals surface area contributed by atoms with E-state index in [0.717, 1.165) is 22.1 Å².